The number of carbonyl (C=O) groups is 2. The number of aromatic amines is 1. The van der Waals surface area contributed by atoms with Gasteiger partial charge in [-0.25, -0.2) is 0 Å². The molecule has 0 saturated heterocycles. The van der Waals surface area contributed by atoms with E-state index in [1.807, 2.05) is 18.3 Å². The Labute approximate surface area is 150 Å². The first-order valence-electron chi connectivity index (χ1n) is 8.31. The van der Waals surface area contributed by atoms with Crippen LogP contribution in [0.1, 0.15) is 26.3 Å². The molecule has 6 heteroatoms. The summed E-state index contributed by atoms with van der Waals surface area (Å²) in [5, 5.41) is 0.956. The molecule has 1 aliphatic rings. The number of methoxy groups -OCH3 is 2. The number of aromatic nitrogens is 1. The highest BCUT2D eigenvalue weighted by atomic mass is 16.5. The SMILES string of the molecule is COc1cc(OC)c2[nH]cc(CCN3C(=O)c4ccccc4C3=O)c2c1. The molecular weight excluding hydrogens is 332 g/mol. The molecule has 0 saturated carbocycles. The van der Waals surface area contributed by atoms with Gasteiger partial charge >= 0.3 is 0 Å². The van der Waals surface area contributed by atoms with Gasteiger partial charge in [-0.05, 0) is 30.2 Å². The molecule has 3 aromatic rings. The molecule has 6 nitrogen and oxygen atoms in total. The number of benzene rings is 2. The van der Waals surface area contributed by atoms with Gasteiger partial charge in [-0.3, -0.25) is 14.5 Å². The third kappa shape index (κ3) is 2.42. The van der Waals surface area contributed by atoms with E-state index in [4.69, 9.17) is 9.47 Å². The smallest absolute Gasteiger partial charge is 0.261 e. The van der Waals surface area contributed by atoms with Crippen LogP contribution in [0.5, 0.6) is 11.5 Å². The number of nitrogens with one attached hydrogen (secondary N) is 1. The molecule has 0 bridgehead atoms. The lowest BCUT2D eigenvalue weighted by molar-refractivity contribution is 0.0656. The Morgan fingerprint density at radius 2 is 1.69 bits per heavy atom. The minimum absolute atomic E-state index is 0.236. The van der Waals surface area contributed by atoms with Crippen LogP contribution in [0.25, 0.3) is 10.9 Å². The first-order chi connectivity index (χ1) is 12.6. The molecule has 1 aliphatic heterocycles. The van der Waals surface area contributed by atoms with Gasteiger partial charge < -0.3 is 14.5 Å². The van der Waals surface area contributed by atoms with E-state index in [0.717, 1.165) is 16.5 Å². The first-order valence-corrected chi connectivity index (χ1v) is 8.31. The van der Waals surface area contributed by atoms with Gasteiger partial charge in [0, 0.05) is 24.2 Å². The Kier molecular flexibility index (Phi) is 3.88. The zero-order valence-corrected chi connectivity index (χ0v) is 14.5. The van der Waals surface area contributed by atoms with Crippen LogP contribution in [0.3, 0.4) is 0 Å². The monoisotopic (exact) mass is 350 g/mol. The van der Waals surface area contributed by atoms with Crippen molar-refractivity contribution in [3.63, 3.8) is 0 Å². The molecule has 26 heavy (non-hydrogen) atoms. The summed E-state index contributed by atoms with van der Waals surface area (Å²) in [7, 11) is 3.21. The molecule has 1 N–H and O–H groups in total. The van der Waals surface area contributed by atoms with Crippen molar-refractivity contribution in [2.75, 3.05) is 20.8 Å². The number of amides is 2. The fourth-order valence-corrected chi connectivity index (χ4v) is 3.39. The maximum atomic E-state index is 12.5. The number of rotatable bonds is 5. The van der Waals surface area contributed by atoms with Gasteiger partial charge in [0.15, 0.2) is 0 Å². The van der Waals surface area contributed by atoms with E-state index >= 15 is 0 Å². The van der Waals surface area contributed by atoms with Crippen LogP contribution in [0, 0.1) is 0 Å². The van der Waals surface area contributed by atoms with Gasteiger partial charge in [-0.2, -0.15) is 0 Å². The summed E-state index contributed by atoms with van der Waals surface area (Å²) in [4.78, 5) is 29.5. The molecule has 2 aromatic carbocycles. The Balaban J connectivity index is 1.61. The van der Waals surface area contributed by atoms with E-state index < -0.39 is 0 Å². The summed E-state index contributed by atoms with van der Waals surface area (Å²) >= 11 is 0. The Hall–Kier alpha value is -3.28. The number of ether oxygens (including phenoxy) is 2. The fourth-order valence-electron chi connectivity index (χ4n) is 3.39. The number of carbonyl (C=O) groups excluding carboxylic acids is 2. The van der Waals surface area contributed by atoms with Gasteiger partial charge in [0.05, 0.1) is 30.9 Å². The summed E-state index contributed by atoms with van der Waals surface area (Å²) < 4.78 is 10.7. The summed E-state index contributed by atoms with van der Waals surface area (Å²) in [6, 6.07) is 10.7. The van der Waals surface area contributed by atoms with Crippen molar-refractivity contribution in [2.45, 2.75) is 6.42 Å². The third-order valence-electron chi connectivity index (χ3n) is 4.75. The topological polar surface area (TPSA) is 71.6 Å². The van der Waals surface area contributed by atoms with Crippen LogP contribution in [0.4, 0.5) is 0 Å². The lowest BCUT2D eigenvalue weighted by Crippen LogP contribution is -2.31. The van der Waals surface area contributed by atoms with Crippen LogP contribution < -0.4 is 9.47 Å². The summed E-state index contributed by atoms with van der Waals surface area (Å²) in [5.41, 5.74) is 2.80. The lowest BCUT2D eigenvalue weighted by Gasteiger charge is -2.13. The van der Waals surface area contributed by atoms with E-state index in [2.05, 4.69) is 4.98 Å². The van der Waals surface area contributed by atoms with E-state index in [9.17, 15) is 9.59 Å². The van der Waals surface area contributed by atoms with Crippen molar-refractivity contribution in [1.29, 1.82) is 0 Å². The van der Waals surface area contributed by atoms with Crippen molar-refractivity contribution in [3.8, 4) is 11.5 Å². The van der Waals surface area contributed by atoms with E-state index in [-0.39, 0.29) is 11.8 Å². The zero-order valence-electron chi connectivity index (χ0n) is 14.5. The van der Waals surface area contributed by atoms with Crippen molar-refractivity contribution in [2.24, 2.45) is 0 Å². The second-order valence-corrected chi connectivity index (χ2v) is 6.12. The maximum absolute atomic E-state index is 12.5. The van der Waals surface area contributed by atoms with Crippen LogP contribution in [-0.4, -0.2) is 42.5 Å². The molecule has 0 aliphatic carbocycles. The minimum Gasteiger partial charge on any atom is -0.497 e. The van der Waals surface area contributed by atoms with Crippen LogP contribution in [0.15, 0.2) is 42.6 Å². The van der Waals surface area contributed by atoms with Crippen molar-refractivity contribution in [3.05, 3.63) is 59.3 Å². The van der Waals surface area contributed by atoms with Crippen LogP contribution in [-0.2, 0) is 6.42 Å². The highest BCUT2D eigenvalue weighted by Gasteiger charge is 2.34. The molecule has 2 amide bonds. The van der Waals surface area contributed by atoms with Crippen molar-refractivity contribution in [1.82, 2.24) is 9.88 Å². The molecule has 0 atom stereocenters. The number of imide groups is 1. The van der Waals surface area contributed by atoms with Crippen molar-refractivity contribution < 1.29 is 19.1 Å². The average molecular weight is 350 g/mol. The van der Waals surface area contributed by atoms with Gasteiger partial charge in [-0.1, -0.05) is 12.1 Å². The predicted octanol–water partition coefficient (Wildman–Crippen LogP) is 3.02. The zero-order chi connectivity index (χ0) is 18.3. The van der Waals surface area contributed by atoms with Gasteiger partial charge in [0.25, 0.3) is 11.8 Å². The number of H-pyrrole nitrogens is 1. The van der Waals surface area contributed by atoms with Gasteiger partial charge in [-0.15, -0.1) is 0 Å². The molecule has 0 fully saturated rings. The van der Waals surface area contributed by atoms with Crippen LogP contribution in [0.2, 0.25) is 0 Å². The molecule has 0 unspecified atom stereocenters. The molecule has 132 valence electrons. The second kappa shape index (κ2) is 6.22. The van der Waals surface area contributed by atoms with E-state index in [1.54, 1.807) is 38.5 Å². The highest BCUT2D eigenvalue weighted by Crippen LogP contribution is 2.33. The second-order valence-electron chi connectivity index (χ2n) is 6.12. The quantitative estimate of drug-likeness (QED) is 0.718. The van der Waals surface area contributed by atoms with Gasteiger partial charge in [0.2, 0.25) is 0 Å². The summed E-state index contributed by atoms with van der Waals surface area (Å²) in [6.07, 6.45) is 2.42. The Morgan fingerprint density at radius 1 is 1.00 bits per heavy atom. The molecule has 0 radical (unpaired) electrons. The Bertz CT molecular complexity index is 987. The molecule has 0 spiro atoms. The summed E-state index contributed by atoms with van der Waals surface area (Å²) in [5.74, 6) is 0.906. The number of nitrogens with zero attached hydrogens (tertiary/aromatic N) is 1. The number of hydrogen-bond donors (Lipinski definition) is 1. The minimum atomic E-state index is -0.236. The average Bonchev–Trinajstić information content (AvgIpc) is 3.19. The highest BCUT2D eigenvalue weighted by molar-refractivity contribution is 6.21. The normalized spacial score (nSPS) is 13.4. The molecule has 4 rings (SSSR count). The molecule has 1 aromatic heterocycles. The molecule has 2 heterocycles. The third-order valence-corrected chi connectivity index (χ3v) is 4.75. The largest absolute Gasteiger partial charge is 0.497 e. The summed E-state index contributed by atoms with van der Waals surface area (Å²) in [6.45, 7) is 0.318. The molecular formula is C20H18N2O4. The van der Waals surface area contributed by atoms with Crippen molar-refractivity contribution >= 4 is 22.7 Å². The first kappa shape index (κ1) is 16.2. The van der Waals surface area contributed by atoms with E-state index in [0.29, 0.717) is 35.6 Å². The lowest BCUT2D eigenvalue weighted by atomic mass is 10.1. The Morgan fingerprint density at radius 3 is 2.31 bits per heavy atom. The predicted molar refractivity (Wildman–Crippen MR) is 96.9 cm³/mol. The van der Waals surface area contributed by atoms with Gasteiger partial charge in [0.1, 0.15) is 11.5 Å². The van der Waals surface area contributed by atoms with E-state index in [1.165, 1.54) is 4.90 Å². The number of hydrogen-bond acceptors (Lipinski definition) is 4. The fraction of sp³-hybridized carbons (Fsp3) is 0.200. The number of fused-ring (bicyclic) bond motifs is 2. The maximum Gasteiger partial charge on any atom is 0.261 e. The van der Waals surface area contributed by atoms with Crippen LogP contribution >= 0.6 is 0 Å². The standard InChI is InChI=1S/C20H18N2O4/c1-25-13-9-16-12(11-21-18(16)17(10-13)26-2)7-8-22-19(23)14-5-3-4-6-15(14)20(22)24/h3-6,9-11,21H,7-8H2,1-2H3.